The van der Waals surface area contributed by atoms with Crippen molar-refractivity contribution in [1.82, 2.24) is 4.90 Å². The van der Waals surface area contributed by atoms with Crippen LogP contribution in [-0.4, -0.2) is 22.0 Å². The lowest BCUT2D eigenvalue weighted by Gasteiger charge is -2.13. The van der Waals surface area contributed by atoms with Crippen LogP contribution in [0.2, 0.25) is 15.1 Å². The Labute approximate surface area is 213 Å². The number of halogens is 4. The Morgan fingerprint density at radius 2 is 1.79 bits per heavy atom. The smallest absolute Gasteiger partial charge is 0.345 e. The lowest BCUT2D eigenvalue weighted by molar-refractivity contribution is -0.123. The fourth-order valence-corrected chi connectivity index (χ4v) is 4.64. The number of nitrogens with zero attached hydrogens (tertiary/aromatic N) is 1. The number of hydrogen-bond acceptors (Lipinski definition) is 5. The van der Waals surface area contributed by atoms with Gasteiger partial charge in [-0.2, -0.15) is 0 Å². The first-order chi connectivity index (χ1) is 16.2. The second-order valence-corrected chi connectivity index (χ2v) is 9.33. The van der Waals surface area contributed by atoms with E-state index in [1.54, 1.807) is 24.3 Å². The van der Waals surface area contributed by atoms with Crippen molar-refractivity contribution >= 4 is 69.8 Å². The summed E-state index contributed by atoms with van der Waals surface area (Å²) in [6.07, 6.45) is 1.52. The summed E-state index contributed by atoms with van der Waals surface area (Å²) < 4.78 is 18.7. The fourth-order valence-electron chi connectivity index (χ4n) is 3.09. The summed E-state index contributed by atoms with van der Waals surface area (Å²) in [4.78, 5) is 38.9. The molecule has 0 N–H and O–H groups in total. The van der Waals surface area contributed by atoms with E-state index >= 15 is 0 Å². The minimum Gasteiger partial charge on any atom is -0.423 e. The van der Waals surface area contributed by atoms with Crippen LogP contribution in [0.1, 0.15) is 21.5 Å². The van der Waals surface area contributed by atoms with Crippen LogP contribution in [-0.2, 0) is 11.3 Å². The minimum absolute atomic E-state index is 0.0827. The molecule has 0 unspecified atom stereocenters. The molecule has 0 aliphatic carbocycles. The number of carbonyl (C=O) groups excluding carboxylic acids is 3. The largest absolute Gasteiger partial charge is 0.423 e. The van der Waals surface area contributed by atoms with E-state index in [0.29, 0.717) is 16.1 Å². The van der Waals surface area contributed by atoms with Crippen LogP contribution in [0.3, 0.4) is 0 Å². The van der Waals surface area contributed by atoms with E-state index in [9.17, 15) is 18.8 Å². The third-order valence-electron chi connectivity index (χ3n) is 4.73. The molecule has 0 spiro atoms. The summed E-state index contributed by atoms with van der Waals surface area (Å²) in [5.41, 5.74) is 1.14. The molecule has 1 aliphatic rings. The van der Waals surface area contributed by atoms with Crippen molar-refractivity contribution < 1.29 is 23.5 Å². The van der Waals surface area contributed by atoms with Crippen LogP contribution in [0.15, 0.2) is 65.6 Å². The summed E-state index contributed by atoms with van der Waals surface area (Å²) in [6.45, 7) is -0.0827. The highest BCUT2D eigenvalue weighted by atomic mass is 35.5. The number of carbonyl (C=O) groups is 3. The van der Waals surface area contributed by atoms with E-state index in [-0.39, 0.29) is 32.8 Å². The zero-order valence-corrected chi connectivity index (χ0v) is 20.1. The van der Waals surface area contributed by atoms with E-state index < -0.39 is 22.9 Å². The first-order valence-corrected chi connectivity index (χ1v) is 11.6. The van der Waals surface area contributed by atoms with Gasteiger partial charge in [-0.25, -0.2) is 9.18 Å². The SMILES string of the molecule is O=C(Oc1cccc(/C=C2\SC(=O)N(Cc3ccc(F)cc3Cl)C2=O)c1)c1ccc(Cl)cc1Cl. The van der Waals surface area contributed by atoms with Crippen molar-refractivity contribution in [3.8, 4) is 5.75 Å². The van der Waals surface area contributed by atoms with E-state index in [2.05, 4.69) is 0 Å². The van der Waals surface area contributed by atoms with Crippen molar-refractivity contribution in [2.75, 3.05) is 0 Å². The molecule has 34 heavy (non-hydrogen) atoms. The van der Waals surface area contributed by atoms with E-state index in [1.165, 1.54) is 36.4 Å². The number of thioether (sulfide) groups is 1. The van der Waals surface area contributed by atoms with Gasteiger partial charge in [0.25, 0.3) is 11.1 Å². The lowest BCUT2D eigenvalue weighted by atomic mass is 10.2. The zero-order valence-electron chi connectivity index (χ0n) is 17.1. The number of hydrogen-bond donors (Lipinski definition) is 0. The molecule has 172 valence electrons. The number of amides is 2. The van der Waals surface area contributed by atoms with Gasteiger partial charge in [-0.1, -0.05) is 53.0 Å². The molecule has 2 amide bonds. The third kappa shape index (κ3) is 5.45. The Hall–Kier alpha value is -2.84. The van der Waals surface area contributed by atoms with Gasteiger partial charge in [0, 0.05) is 10.0 Å². The molecule has 1 saturated heterocycles. The van der Waals surface area contributed by atoms with Crippen LogP contribution < -0.4 is 4.74 Å². The number of rotatable bonds is 5. The van der Waals surface area contributed by atoms with Crippen molar-refractivity contribution in [2.45, 2.75) is 6.54 Å². The molecule has 3 aromatic carbocycles. The van der Waals surface area contributed by atoms with Gasteiger partial charge in [-0.3, -0.25) is 14.5 Å². The van der Waals surface area contributed by atoms with Gasteiger partial charge in [0.05, 0.1) is 22.0 Å². The monoisotopic (exact) mass is 535 g/mol. The van der Waals surface area contributed by atoms with Crippen LogP contribution >= 0.6 is 46.6 Å². The molecule has 3 aromatic rings. The Kier molecular flexibility index (Phi) is 7.28. The number of esters is 1. The predicted molar refractivity (Wildman–Crippen MR) is 131 cm³/mol. The summed E-state index contributed by atoms with van der Waals surface area (Å²) in [7, 11) is 0. The van der Waals surface area contributed by atoms with Gasteiger partial charge >= 0.3 is 5.97 Å². The third-order valence-corrected chi connectivity index (χ3v) is 6.54. The Balaban J connectivity index is 1.51. The standard InChI is InChI=1S/C24H13Cl3FNO4S/c25-15-5-7-18(20(27)10-15)23(31)33-17-3-1-2-13(8-17)9-21-22(30)29(24(32)34-21)12-14-4-6-16(28)11-19(14)26/h1-11H,12H2/b21-9-. The molecule has 0 radical (unpaired) electrons. The van der Waals surface area contributed by atoms with Gasteiger partial charge in [-0.15, -0.1) is 0 Å². The predicted octanol–water partition coefficient (Wildman–Crippen LogP) is 7.24. The maximum atomic E-state index is 13.3. The second-order valence-electron chi connectivity index (χ2n) is 7.09. The quantitative estimate of drug-likeness (QED) is 0.195. The summed E-state index contributed by atoms with van der Waals surface area (Å²) in [6, 6.07) is 14.6. The summed E-state index contributed by atoms with van der Waals surface area (Å²) in [5, 5.41) is 0.192. The Morgan fingerprint density at radius 3 is 2.53 bits per heavy atom. The van der Waals surface area contributed by atoms with Gasteiger partial charge in [0.15, 0.2) is 0 Å². The van der Waals surface area contributed by atoms with Crippen LogP contribution in [0.5, 0.6) is 5.75 Å². The highest BCUT2D eigenvalue weighted by Gasteiger charge is 2.35. The highest BCUT2D eigenvalue weighted by Crippen LogP contribution is 2.34. The van der Waals surface area contributed by atoms with E-state index in [1.807, 2.05) is 0 Å². The highest BCUT2D eigenvalue weighted by molar-refractivity contribution is 8.18. The van der Waals surface area contributed by atoms with E-state index in [0.717, 1.165) is 22.7 Å². The first kappa shape index (κ1) is 24.3. The average Bonchev–Trinajstić information content (AvgIpc) is 3.03. The molecule has 4 rings (SSSR count). The molecule has 1 aliphatic heterocycles. The number of benzene rings is 3. The zero-order chi connectivity index (χ0) is 24.4. The van der Waals surface area contributed by atoms with Crippen LogP contribution in [0.25, 0.3) is 6.08 Å². The van der Waals surface area contributed by atoms with Gasteiger partial charge in [-0.05, 0) is 71.4 Å². The topological polar surface area (TPSA) is 63.7 Å². The number of ether oxygens (including phenoxy) is 1. The molecule has 0 bridgehead atoms. The lowest BCUT2D eigenvalue weighted by Crippen LogP contribution is -2.27. The van der Waals surface area contributed by atoms with Crippen LogP contribution in [0.4, 0.5) is 9.18 Å². The maximum absolute atomic E-state index is 13.3. The first-order valence-electron chi connectivity index (χ1n) is 9.68. The molecule has 0 saturated carbocycles. The molecule has 10 heteroatoms. The van der Waals surface area contributed by atoms with Gasteiger partial charge in [0.2, 0.25) is 0 Å². The molecule has 1 fully saturated rings. The Bertz CT molecular complexity index is 1360. The maximum Gasteiger partial charge on any atom is 0.345 e. The molecule has 5 nitrogen and oxygen atoms in total. The van der Waals surface area contributed by atoms with Crippen molar-refractivity contribution in [3.63, 3.8) is 0 Å². The van der Waals surface area contributed by atoms with Crippen molar-refractivity contribution in [3.05, 3.63) is 103 Å². The van der Waals surface area contributed by atoms with Gasteiger partial charge < -0.3 is 4.74 Å². The molecule has 1 heterocycles. The normalized spacial score (nSPS) is 14.7. The summed E-state index contributed by atoms with van der Waals surface area (Å²) >= 11 is 18.7. The van der Waals surface area contributed by atoms with Crippen molar-refractivity contribution in [1.29, 1.82) is 0 Å². The molecule has 0 atom stereocenters. The summed E-state index contributed by atoms with van der Waals surface area (Å²) in [5.74, 6) is -1.47. The minimum atomic E-state index is -0.671. The van der Waals surface area contributed by atoms with Crippen molar-refractivity contribution in [2.24, 2.45) is 0 Å². The molecule has 0 aromatic heterocycles. The van der Waals surface area contributed by atoms with Crippen LogP contribution in [0, 0.1) is 5.82 Å². The Morgan fingerprint density at radius 1 is 1.00 bits per heavy atom. The molecular formula is C24H13Cl3FNO4S. The second kappa shape index (κ2) is 10.2. The van der Waals surface area contributed by atoms with E-state index in [4.69, 9.17) is 39.5 Å². The molecular weight excluding hydrogens is 524 g/mol. The van der Waals surface area contributed by atoms with Gasteiger partial charge in [0.1, 0.15) is 11.6 Å². The fraction of sp³-hybridized carbons (Fsp3) is 0.0417. The number of imide groups is 1. The average molecular weight is 537 g/mol.